The Morgan fingerprint density at radius 1 is 1.09 bits per heavy atom. The number of amides is 1. The molecule has 0 saturated carbocycles. The fraction of sp³-hybridized carbons (Fsp3) is 0.360. The number of halogens is 1. The summed E-state index contributed by atoms with van der Waals surface area (Å²) in [5.74, 6) is 0.222. The van der Waals surface area contributed by atoms with Crippen LogP contribution in [0.2, 0.25) is 0 Å². The molecule has 2 aromatic rings. The van der Waals surface area contributed by atoms with E-state index < -0.39 is 11.8 Å². The number of anilines is 1. The Bertz CT molecular complexity index is 1160. The van der Waals surface area contributed by atoms with Gasteiger partial charge < -0.3 is 19.5 Å². The number of carbonyl (C=O) groups excluding carboxylic acids is 2. The van der Waals surface area contributed by atoms with E-state index in [4.69, 9.17) is 19.2 Å². The number of pyridine rings is 1. The Labute approximate surface area is 206 Å². The summed E-state index contributed by atoms with van der Waals surface area (Å²) in [4.78, 5) is 35.7. The number of ketones is 1. The highest BCUT2D eigenvalue weighted by Crippen LogP contribution is 2.47. The highest BCUT2D eigenvalue weighted by Gasteiger charge is 2.43. The number of aliphatic imine (C=N–C) groups is 1. The lowest BCUT2D eigenvalue weighted by Crippen LogP contribution is -2.39. The minimum atomic E-state index is -0.714. The van der Waals surface area contributed by atoms with Crippen molar-refractivity contribution in [3.8, 4) is 17.2 Å². The molecule has 2 atom stereocenters. The first-order chi connectivity index (χ1) is 16.4. The predicted octanol–water partition coefficient (Wildman–Crippen LogP) is 4.69. The summed E-state index contributed by atoms with van der Waals surface area (Å²) in [6.07, 6.45) is 3.48. The molecule has 1 unspecified atom stereocenters. The van der Waals surface area contributed by atoms with Gasteiger partial charge in [0.25, 0.3) is 0 Å². The first-order valence-corrected chi connectivity index (χ1v) is 11.7. The van der Waals surface area contributed by atoms with Gasteiger partial charge in [0.1, 0.15) is 5.82 Å². The van der Waals surface area contributed by atoms with Crippen molar-refractivity contribution in [3.05, 3.63) is 51.8 Å². The number of carbonyl (C=O) groups is 2. The average Bonchev–Trinajstić information content (AvgIpc) is 2.83. The summed E-state index contributed by atoms with van der Waals surface area (Å²) in [5, 5.41) is 2.89. The van der Waals surface area contributed by atoms with E-state index in [0.717, 1.165) is 22.2 Å². The Balaban J connectivity index is 1.85. The van der Waals surface area contributed by atoms with Crippen molar-refractivity contribution >= 4 is 39.1 Å². The highest BCUT2D eigenvalue weighted by atomic mass is 79.9. The van der Waals surface area contributed by atoms with Gasteiger partial charge in [0.2, 0.25) is 11.7 Å². The molecule has 1 aliphatic heterocycles. The topological polar surface area (TPSA) is 99.1 Å². The van der Waals surface area contributed by atoms with Gasteiger partial charge in [0, 0.05) is 40.0 Å². The number of benzene rings is 1. The standard InChI is InChI=1S/C25H26BrN3O5/c1-13-21(25(31)29-20-9-8-15(26)12-27-20)22(23-16(28-13)6-5-7-17(23)30)14-10-18(32-2)24(34-4)19(11-14)33-3/h8-12,21-22H,5-7H2,1-4H3,(H,27,29,31)/t21?,22-/m1/s1. The maximum Gasteiger partial charge on any atom is 0.235 e. The molecular formula is C25H26BrN3O5. The zero-order valence-electron chi connectivity index (χ0n) is 19.5. The summed E-state index contributed by atoms with van der Waals surface area (Å²) in [7, 11) is 4.60. The van der Waals surface area contributed by atoms with Crippen molar-refractivity contribution in [2.24, 2.45) is 10.9 Å². The van der Waals surface area contributed by atoms with Crippen LogP contribution in [-0.4, -0.2) is 43.7 Å². The molecule has 0 fully saturated rings. The average molecular weight is 528 g/mol. The van der Waals surface area contributed by atoms with E-state index in [2.05, 4.69) is 26.2 Å². The molecule has 1 aromatic carbocycles. The van der Waals surface area contributed by atoms with Crippen LogP contribution in [0.25, 0.3) is 0 Å². The number of nitrogens with one attached hydrogen (secondary N) is 1. The van der Waals surface area contributed by atoms with Crippen LogP contribution in [0.5, 0.6) is 17.2 Å². The summed E-state index contributed by atoms with van der Waals surface area (Å²) < 4.78 is 17.4. The van der Waals surface area contributed by atoms with Crippen LogP contribution in [0.4, 0.5) is 5.82 Å². The number of rotatable bonds is 6. The third-order valence-electron chi connectivity index (χ3n) is 6.14. The molecular weight excluding hydrogens is 502 g/mol. The summed E-state index contributed by atoms with van der Waals surface area (Å²) in [6.45, 7) is 1.83. The van der Waals surface area contributed by atoms with Gasteiger partial charge in [-0.3, -0.25) is 14.6 Å². The molecule has 0 radical (unpaired) electrons. The van der Waals surface area contributed by atoms with Gasteiger partial charge in [-0.1, -0.05) is 0 Å². The molecule has 4 rings (SSSR count). The number of methoxy groups -OCH3 is 3. The third kappa shape index (κ3) is 4.44. The van der Waals surface area contributed by atoms with Gasteiger partial charge in [-0.2, -0.15) is 0 Å². The first kappa shape index (κ1) is 23.9. The number of allylic oxidation sites excluding steroid dienone is 2. The van der Waals surface area contributed by atoms with Gasteiger partial charge >= 0.3 is 0 Å². The van der Waals surface area contributed by atoms with Crippen LogP contribution in [0.1, 0.15) is 37.7 Å². The summed E-state index contributed by atoms with van der Waals surface area (Å²) in [6, 6.07) is 7.11. The molecule has 8 nitrogen and oxygen atoms in total. The summed E-state index contributed by atoms with van der Waals surface area (Å²) >= 11 is 3.35. The molecule has 1 N–H and O–H groups in total. The Kier molecular flexibility index (Phi) is 7.02. The molecule has 2 aliphatic rings. The molecule has 1 aromatic heterocycles. The lowest BCUT2D eigenvalue weighted by molar-refractivity contribution is -0.119. The largest absolute Gasteiger partial charge is 0.493 e. The van der Waals surface area contributed by atoms with Gasteiger partial charge in [-0.25, -0.2) is 4.98 Å². The normalized spacial score (nSPS) is 19.8. The second-order valence-corrected chi connectivity index (χ2v) is 9.07. The molecule has 178 valence electrons. The molecule has 34 heavy (non-hydrogen) atoms. The third-order valence-corrected chi connectivity index (χ3v) is 6.61. The van der Waals surface area contributed by atoms with E-state index in [1.165, 1.54) is 21.3 Å². The van der Waals surface area contributed by atoms with Crippen LogP contribution in [0.3, 0.4) is 0 Å². The lowest BCUT2D eigenvalue weighted by Gasteiger charge is -2.35. The van der Waals surface area contributed by atoms with E-state index in [9.17, 15) is 9.59 Å². The molecule has 1 amide bonds. The van der Waals surface area contributed by atoms with Gasteiger partial charge in [-0.05, 0) is 65.5 Å². The highest BCUT2D eigenvalue weighted by molar-refractivity contribution is 9.10. The monoisotopic (exact) mass is 527 g/mol. The number of hydrogen-bond donors (Lipinski definition) is 1. The van der Waals surface area contributed by atoms with Crippen molar-refractivity contribution in [3.63, 3.8) is 0 Å². The fourth-order valence-electron chi connectivity index (χ4n) is 4.64. The van der Waals surface area contributed by atoms with Crippen LogP contribution in [0.15, 0.2) is 51.2 Å². The summed E-state index contributed by atoms with van der Waals surface area (Å²) in [5.41, 5.74) is 2.69. The van der Waals surface area contributed by atoms with Gasteiger partial charge in [0.05, 0.1) is 27.2 Å². The Morgan fingerprint density at radius 3 is 2.38 bits per heavy atom. The quantitative estimate of drug-likeness (QED) is 0.584. The molecule has 0 bridgehead atoms. The predicted molar refractivity (Wildman–Crippen MR) is 132 cm³/mol. The number of ether oxygens (including phenoxy) is 3. The van der Waals surface area contributed by atoms with Crippen LogP contribution >= 0.6 is 15.9 Å². The van der Waals surface area contributed by atoms with Crippen molar-refractivity contribution in [2.45, 2.75) is 32.1 Å². The van der Waals surface area contributed by atoms with Crippen LogP contribution in [-0.2, 0) is 9.59 Å². The van der Waals surface area contributed by atoms with Crippen LogP contribution < -0.4 is 19.5 Å². The SMILES string of the molecule is COc1cc([C@H]2C3=C(CCCC3=O)N=C(C)C2C(=O)Nc2ccc(Br)cn2)cc(OC)c1OC. The first-order valence-electron chi connectivity index (χ1n) is 10.9. The Morgan fingerprint density at radius 2 is 1.79 bits per heavy atom. The van der Waals surface area contributed by atoms with Gasteiger partial charge in [0.15, 0.2) is 17.3 Å². The smallest absolute Gasteiger partial charge is 0.235 e. The minimum absolute atomic E-state index is 0.0100. The molecule has 1 aliphatic carbocycles. The van der Waals surface area contributed by atoms with E-state index in [0.29, 0.717) is 47.2 Å². The number of aromatic nitrogens is 1. The van der Waals surface area contributed by atoms with Crippen molar-refractivity contribution in [1.29, 1.82) is 0 Å². The van der Waals surface area contributed by atoms with E-state index >= 15 is 0 Å². The molecule has 2 heterocycles. The zero-order chi connectivity index (χ0) is 24.4. The van der Waals surface area contributed by atoms with Crippen LogP contribution in [0, 0.1) is 5.92 Å². The van der Waals surface area contributed by atoms with E-state index in [1.807, 2.05) is 6.92 Å². The molecule has 9 heteroatoms. The van der Waals surface area contributed by atoms with Crippen molar-refractivity contribution in [2.75, 3.05) is 26.6 Å². The molecule has 0 spiro atoms. The maximum atomic E-state index is 13.6. The maximum absolute atomic E-state index is 13.6. The van der Waals surface area contributed by atoms with Gasteiger partial charge in [-0.15, -0.1) is 0 Å². The van der Waals surface area contributed by atoms with Crippen molar-refractivity contribution in [1.82, 2.24) is 4.98 Å². The zero-order valence-corrected chi connectivity index (χ0v) is 21.1. The fourth-order valence-corrected chi connectivity index (χ4v) is 4.88. The van der Waals surface area contributed by atoms with E-state index in [1.54, 1.807) is 30.5 Å². The minimum Gasteiger partial charge on any atom is -0.493 e. The second-order valence-electron chi connectivity index (χ2n) is 8.16. The number of nitrogens with zero attached hydrogens (tertiary/aromatic N) is 2. The van der Waals surface area contributed by atoms with E-state index in [-0.39, 0.29) is 11.7 Å². The molecule has 0 saturated heterocycles. The lowest BCUT2D eigenvalue weighted by atomic mass is 9.71. The van der Waals surface area contributed by atoms with Crippen molar-refractivity contribution < 1.29 is 23.8 Å². The number of Topliss-reactive ketones (excluding diaryl/α,β-unsaturated/α-hetero) is 1. The Hall–Kier alpha value is -3.20. The number of hydrogen-bond acceptors (Lipinski definition) is 7. The second kappa shape index (κ2) is 9.97.